The molecule has 0 aromatic rings. The van der Waals surface area contributed by atoms with Gasteiger partial charge in [-0.1, -0.05) is 24.6 Å². The van der Waals surface area contributed by atoms with Crippen molar-refractivity contribution >= 4 is 25.1 Å². The molecule has 3 N–H and O–H groups in total. The summed E-state index contributed by atoms with van der Waals surface area (Å²) in [7, 11) is 0.999. The summed E-state index contributed by atoms with van der Waals surface area (Å²) >= 11 is 4.75. The van der Waals surface area contributed by atoms with Crippen LogP contribution in [0.2, 0.25) is 0 Å². The van der Waals surface area contributed by atoms with Crippen LogP contribution in [0, 0.1) is 0 Å². The number of carboxylic acids is 1. The minimum atomic E-state index is -0.906. The van der Waals surface area contributed by atoms with Crippen LogP contribution in [-0.2, 0) is 16.6 Å². The summed E-state index contributed by atoms with van der Waals surface area (Å²) in [6.07, 6.45) is 4.60. The van der Waals surface area contributed by atoms with Crippen LogP contribution >= 0.6 is 7.36 Å². The molecule has 0 aliphatic carbocycles. The zero-order valence-electron chi connectivity index (χ0n) is 6.90. The van der Waals surface area contributed by atoms with Gasteiger partial charge in [0.1, 0.15) is 6.04 Å². The number of unbranched alkanes of at least 4 members (excludes halogenated alkanes) is 2. The normalized spacial score (nSPS) is 13.1. The Hall–Kier alpha value is -0.0500. The summed E-state index contributed by atoms with van der Waals surface area (Å²) in [5.41, 5.74) is 5.31. The average molecular weight is 207 g/mol. The van der Waals surface area contributed by atoms with Gasteiger partial charge in [0.15, 0.2) is 0 Å². The fourth-order valence-electron chi connectivity index (χ4n) is 0.841. The fraction of sp³-hybridized carbons (Fsp3) is 0.857. The molecule has 3 nitrogen and oxygen atoms in total. The first-order valence-corrected chi connectivity index (χ1v) is 6.05. The Kier molecular flexibility index (Phi) is 7.56. The Balaban J connectivity index is 3.19. The van der Waals surface area contributed by atoms with Gasteiger partial charge in [-0.3, -0.25) is 4.79 Å². The van der Waals surface area contributed by atoms with E-state index in [0.29, 0.717) is 6.42 Å². The second-order valence-corrected chi connectivity index (χ2v) is 4.13. The molecule has 70 valence electrons. The predicted molar refractivity (Wildman–Crippen MR) is 53.2 cm³/mol. The first-order valence-electron chi connectivity index (χ1n) is 3.96. The van der Waals surface area contributed by atoms with Gasteiger partial charge in [0.05, 0.1) is 0 Å². The quantitative estimate of drug-likeness (QED) is 0.489. The molecule has 0 spiro atoms. The maximum atomic E-state index is 10.3. The third-order valence-electron chi connectivity index (χ3n) is 1.58. The van der Waals surface area contributed by atoms with Gasteiger partial charge in [-0.05, 0) is 26.4 Å². The lowest BCUT2D eigenvalue weighted by Crippen LogP contribution is -2.29. The van der Waals surface area contributed by atoms with Gasteiger partial charge < -0.3 is 10.8 Å². The van der Waals surface area contributed by atoms with Gasteiger partial charge in [-0.2, -0.15) is 0 Å². The zero-order chi connectivity index (χ0) is 9.40. The van der Waals surface area contributed by atoms with E-state index < -0.39 is 12.0 Å². The molecule has 5 heteroatoms. The molecule has 0 radical (unpaired) electrons. The number of carboxylic acid groups (broad SMARTS) is 1. The van der Waals surface area contributed by atoms with Crippen molar-refractivity contribution < 1.29 is 9.90 Å². The summed E-state index contributed by atoms with van der Waals surface area (Å²) in [5, 5.41) is 8.44. The van der Waals surface area contributed by atoms with Gasteiger partial charge in [0, 0.05) is 0 Å². The topological polar surface area (TPSA) is 63.3 Å². The molecule has 0 rings (SSSR count). The molecule has 0 aliphatic heterocycles. The smallest absolute Gasteiger partial charge is 0.320 e. The fourth-order valence-corrected chi connectivity index (χ4v) is 1.58. The molecule has 0 heterocycles. The molecule has 0 aromatic carbocycles. The van der Waals surface area contributed by atoms with Crippen LogP contribution in [0.5, 0.6) is 0 Å². The molecule has 0 saturated heterocycles. The molecule has 0 amide bonds. The van der Waals surface area contributed by atoms with Gasteiger partial charge in [0.25, 0.3) is 0 Å². The molecule has 0 fully saturated rings. The van der Waals surface area contributed by atoms with Crippen LogP contribution in [0.3, 0.4) is 0 Å². The molecule has 0 aliphatic rings. The van der Waals surface area contributed by atoms with Crippen molar-refractivity contribution in [2.45, 2.75) is 31.7 Å². The Morgan fingerprint density at radius 1 is 1.50 bits per heavy atom. The summed E-state index contributed by atoms with van der Waals surface area (Å²) in [6, 6.07) is -0.689. The van der Waals surface area contributed by atoms with E-state index in [9.17, 15) is 4.79 Å². The molecular formula is C7H14NO2PS. The lowest BCUT2D eigenvalue weighted by Gasteiger charge is -2.04. The van der Waals surface area contributed by atoms with Crippen molar-refractivity contribution in [1.29, 1.82) is 0 Å². The first kappa shape index (κ1) is 11.9. The molecule has 0 saturated carbocycles. The van der Waals surface area contributed by atoms with E-state index in [1.54, 1.807) is 0 Å². The SMILES string of the molecule is N[C@@H](CCCCCP=S)C(=O)O. The van der Waals surface area contributed by atoms with E-state index >= 15 is 0 Å². The number of rotatable bonds is 7. The van der Waals surface area contributed by atoms with Crippen LogP contribution in [0.4, 0.5) is 0 Å². The van der Waals surface area contributed by atoms with E-state index in [0.717, 1.165) is 32.8 Å². The van der Waals surface area contributed by atoms with Crippen LogP contribution in [0.15, 0.2) is 0 Å². The van der Waals surface area contributed by atoms with Crippen molar-refractivity contribution in [3.8, 4) is 0 Å². The summed E-state index contributed by atoms with van der Waals surface area (Å²) in [6.45, 7) is 0. The van der Waals surface area contributed by atoms with Gasteiger partial charge >= 0.3 is 5.97 Å². The highest BCUT2D eigenvalue weighted by Gasteiger charge is 2.09. The van der Waals surface area contributed by atoms with Crippen LogP contribution in [0.25, 0.3) is 0 Å². The van der Waals surface area contributed by atoms with E-state index in [2.05, 4.69) is 0 Å². The maximum absolute atomic E-state index is 10.3. The Labute approximate surface area is 79.2 Å². The molecule has 12 heavy (non-hydrogen) atoms. The monoisotopic (exact) mass is 207 g/mol. The highest BCUT2D eigenvalue weighted by Crippen LogP contribution is 2.05. The standard InChI is InChI=1S/C7H14NO2PS/c8-6(7(9)10)4-2-1-3-5-11-12/h6H,1-5,8H2,(H,9,10)/t6-/m0/s1. The van der Waals surface area contributed by atoms with Crippen LogP contribution in [-0.4, -0.2) is 23.3 Å². The second-order valence-electron chi connectivity index (χ2n) is 2.65. The number of hydrogen-bond acceptors (Lipinski definition) is 3. The van der Waals surface area contributed by atoms with Crippen molar-refractivity contribution in [2.75, 3.05) is 6.16 Å². The molecule has 0 unspecified atom stereocenters. The van der Waals surface area contributed by atoms with Crippen LogP contribution < -0.4 is 5.73 Å². The molecule has 1 atom stereocenters. The van der Waals surface area contributed by atoms with E-state index in [-0.39, 0.29) is 0 Å². The van der Waals surface area contributed by atoms with Crippen LogP contribution in [0.1, 0.15) is 25.7 Å². The number of carbonyl (C=O) groups is 1. The van der Waals surface area contributed by atoms with Gasteiger partial charge in [-0.15, -0.1) is 0 Å². The zero-order valence-corrected chi connectivity index (χ0v) is 8.61. The Bertz CT molecular complexity index is 154. The third kappa shape index (κ3) is 6.65. The first-order chi connectivity index (χ1) is 5.68. The summed E-state index contributed by atoms with van der Waals surface area (Å²) in [4.78, 5) is 10.3. The van der Waals surface area contributed by atoms with E-state index in [1.807, 2.05) is 0 Å². The van der Waals surface area contributed by atoms with Gasteiger partial charge in [0.2, 0.25) is 0 Å². The lowest BCUT2D eigenvalue weighted by atomic mass is 10.1. The minimum absolute atomic E-state index is 0.573. The van der Waals surface area contributed by atoms with Crippen molar-refractivity contribution in [3.05, 3.63) is 0 Å². The predicted octanol–water partition coefficient (Wildman–Crippen LogP) is 1.37. The molecule has 0 bridgehead atoms. The number of aliphatic carboxylic acids is 1. The highest BCUT2D eigenvalue weighted by molar-refractivity contribution is 7.96. The third-order valence-corrected chi connectivity index (χ3v) is 2.63. The highest BCUT2D eigenvalue weighted by atomic mass is 32.4. The summed E-state index contributed by atoms with van der Waals surface area (Å²) < 4.78 is 0. The summed E-state index contributed by atoms with van der Waals surface area (Å²) in [5.74, 6) is -0.906. The van der Waals surface area contributed by atoms with Gasteiger partial charge in [-0.25, -0.2) is 0 Å². The molecular weight excluding hydrogens is 193 g/mol. The Morgan fingerprint density at radius 3 is 2.67 bits per heavy atom. The van der Waals surface area contributed by atoms with E-state index in [4.69, 9.17) is 22.6 Å². The minimum Gasteiger partial charge on any atom is -0.480 e. The number of hydrogen-bond donors (Lipinski definition) is 2. The molecule has 0 aromatic heterocycles. The Morgan fingerprint density at radius 2 is 2.17 bits per heavy atom. The van der Waals surface area contributed by atoms with E-state index in [1.165, 1.54) is 0 Å². The maximum Gasteiger partial charge on any atom is 0.320 e. The van der Waals surface area contributed by atoms with Crippen molar-refractivity contribution in [1.82, 2.24) is 0 Å². The average Bonchev–Trinajstić information content (AvgIpc) is 2.03. The number of nitrogens with two attached hydrogens (primary N) is 1. The lowest BCUT2D eigenvalue weighted by molar-refractivity contribution is -0.138. The van der Waals surface area contributed by atoms with Crippen molar-refractivity contribution in [2.24, 2.45) is 5.73 Å². The largest absolute Gasteiger partial charge is 0.480 e. The second kappa shape index (κ2) is 7.59. The van der Waals surface area contributed by atoms with Crippen molar-refractivity contribution in [3.63, 3.8) is 0 Å².